The topological polar surface area (TPSA) is 87.5 Å². The molecule has 3 rings (SSSR count). The number of ether oxygens (including phenoxy) is 1. The van der Waals surface area contributed by atoms with Gasteiger partial charge in [0.1, 0.15) is 6.07 Å². The molecule has 0 aromatic heterocycles. The summed E-state index contributed by atoms with van der Waals surface area (Å²) in [6.07, 6.45) is -0.901. The third kappa shape index (κ3) is 2.76. The molecule has 2 aromatic rings. The van der Waals surface area contributed by atoms with Gasteiger partial charge in [-0.1, -0.05) is 18.2 Å². The molecule has 2 amide bonds. The third-order valence-corrected chi connectivity index (χ3v) is 3.94. The molecular formula is C19H14N2O4. The fourth-order valence-corrected chi connectivity index (χ4v) is 2.66. The standard InChI is InChI=1S/C19H14N2O4/c1-11-5-3-4-6-16(11)21-17(22)14-8-7-13(9-15(14)18(21)23)19(24)25-12(2)10-20/h3-9,12H,1-2H3. The molecular weight excluding hydrogens is 320 g/mol. The van der Waals surface area contributed by atoms with Gasteiger partial charge in [0, 0.05) is 0 Å². The van der Waals surface area contributed by atoms with Crippen LogP contribution in [0.25, 0.3) is 0 Å². The summed E-state index contributed by atoms with van der Waals surface area (Å²) in [4.78, 5) is 38.5. The van der Waals surface area contributed by atoms with Crippen LogP contribution in [0.15, 0.2) is 42.5 Å². The van der Waals surface area contributed by atoms with Gasteiger partial charge in [-0.05, 0) is 43.7 Å². The van der Waals surface area contributed by atoms with E-state index in [9.17, 15) is 14.4 Å². The number of imide groups is 1. The van der Waals surface area contributed by atoms with Crippen LogP contribution in [0.2, 0.25) is 0 Å². The normalized spacial score (nSPS) is 14.0. The van der Waals surface area contributed by atoms with E-state index in [2.05, 4.69) is 0 Å². The first-order chi connectivity index (χ1) is 11.9. The molecule has 1 atom stereocenters. The van der Waals surface area contributed by atoms with Gasteiger partial charge in [-0.3, -0.25) is 9.59 Å². The lowest BCUT2D eigenvalue weighted by atomic mass is 10.1. The molecule has 0 saturated heterocycles. The first-order valence-corrected chi connectivity index (χ1v) is 7.63. The monoisotopic (exact) mass is 334 g/mol. The second kappa shape index (κ2) is 6.21. The van der Waals surface area contributed by atoms with Crippen LogP contribution >= 0.6 is 0 Å². The molecule has 0 radical (unpaired) electrons. The Morgan fingerprint density at radius 2 is 1.80 bits per heavy atom. The maximum atomic E-state index is 12.7. The average Bonchev–Trinajstić information content (AvgIpc) is 2.86. The van der Waals surface area contributed by atoms with Crippen molar-refractivity contribution in [2.45, 2.75) is 20.0 Å². The molecule has 0 fully saturated rings. The summed E-state index contributed by atoms with van der Waals surface area (Å²) >= 11 is 0. The Bertz CT molecular complexity index is 943. The number of benzene rings is 2. The zero-order chi connectivity index (χ0) is 18.1. The van der Waals surface area contributed by atoms with Crippen molar-refractivity contribution in [2.75, 3.05) is 4.90 Å². The number of nitrogens with zero attached hydrogens (tertiary/aromatic N) is 2. The number of fused-ring (bicyclic) bond motifs is 1. The van der Waals surface area contributed by atoms with Gasteiger partial charge in [-0.15, -0.1) is 0 Å². The molecule has 0 aliphatic carbocycles. The minimum absolute atomic E-state index is 0.119. The first-order valence-electron chi connectivity index (χ1n) is 7.63. The van der Waals surface area contributed by atoms with E-state index < -0.39 is 23.9 Å². The summed E-state index contributed by atoms with van der Waals surface area (Å²) in [5, 5.41) is 8.72. The molecule has 1 heterocycles. The van der Waals surface area contributed by atoms with Gasteiger partial charge in [0.15, 0.2) is 6.10 Å². The number of amides is 2. The number of anilines is 1. The smallest absolute Gasteiger partial charge is 0.339 e. The molecule has 25 heavy (non-hydrogen) atoms. The quantitative estimate of drug-likeness (QED) is 0.636. The third-order valence-electron chi connectivity index (χ3n) is 3.94. The minimum Gasteiger partial charge on any atom is -0.444 e. The highest BCUT2D eigenvalue weighted by Crippen LogP contribution is 2.31. The molecule has 0 saturated carbocycles. The highest BCUT2D eigenvalue weighted by Gasteiger charge is 2.37. The van der Waals surface area contributed by atoms with Crippen molar-refractivity contribution in [1.29, 1.82) is 5.26 Å². The lowest BCUT2D eigenvalue weighted by Gasteiger charge is -2.16. The van der Waals surface area contributed by atoms with Crippen molar-refractivity contribution in [3.8, 4) is 6.07 Å². The maximum absolute atomic E-state index is 12.7. The van der Waals surface area contributed by atoms with Crippen molar-refractivity contribution in [3.63, 3.8) is 0 Å². The van der Waals surface area contributed by atoms with Gasteiger partial charge in [-0.2, -0.15) is 5.26 Å². The van der Waals surface area contributed by atoms with E-state index in [4.69, 9.17) is 10.00 Å². The van der Waals surface area contributed by atoms with Gasteiger partial charge >= 0.3 is 5.97 Å². The number of aryl methyl sites for hydroxylation is 1. The highest BCUT2D eigenvalue weighted by atomic mass is 16.5. The van der Waals surface area contributed by atoms with Crippen molar-refractivity contribution < 1.29 is 19.1 Å². The number of esters is 1. The summed E-state index contributed by atoms with van der Waals surface area (Å²) in [6.45, 7) is 3.25. The van der Waals surface area contributed by atoms with E-state index in [0.29, 0.717) is 5.69 Å². The van der Waals surface area contributed by atoms with Crippen LogP contribution in [0.5, 0.6) is 0 Å². The number of carbonyl (C=O) groups is 3. The molecule has 124 valence electrons. The zero-order valence-corrected chi connectivity index (χ0v) is 13.6. The molecule has 0 N–H and O–H groups in total. The van der Waals surface area contributed by atoms with Crippen LogP contribution in [0.1, 0.15) is 43.6 Å². The Morgan fingerprint density at radius 1 is 1.12 bits per heavy atom. The van der Waals surface area contributed by atoms with Gasteiger partial charge in [0.25, 0.3) is 11.8 Å². The van der Waals surface area contributed by atoms with E-state index in [1.54, 1.807) is 18.2 Å². The maximum Gasteiger partial charge on any atom is 0.339 e. The number of nitriles is 1. The molecule has 0 spiro atoms. The predicted molar refractivity (Wildman–Crippen MR) is 89.3 cm³/mol. The van der Waals surface area contributed by atoms with Crippen molar-refractivity contribution >= 4 is 23.5 Å². The van der Waals surface area contributed by atoms with E-state index in [1.165, 1.54) is 25.1 Å². The van der Waals surface area contributed by atoms with E-state index in [0.717, 1.165) is 10.5 Å². The molecule has 1 unspecified atom stereocenters. The van der Waals surface area contributed by atoms with Crippen LogP contribution in [-0.4, -0.2) is 23.9 Å². The highest BCUT2D eigenvalue weighted by molar-refractivity contribution is 6.34. The van der Waals surface area contributed by atoms with E-state index >= 15 is 0 Å². The zero-order valence-electron chi connectivity index (χ0n) is 13.6. The fraction of sp³-hybridized carbons (Fsp3) is 0.158. The van der Waals surface area contributed by atoms with Crippen molar-refractivity contribution in [1.82, 2.24) is 0 Å². The number of carbonyl (C=O) groups excluding carboxylic acids is 3. The summed E-state index contributed by atoms with van der Waals surface area (Å²) < 4.78 is 4.93. The van der Waals surface area contributed by atoms with Crippen LogP contribution < -0.4 is 4.90 Å². The largest absolute Gasteiger partial charge is 0.444 e. The Morgan fingerprint density at radius 3 is 2.48 bits per heavy atom. The average molecular weight is 334 g/mol. The number of hydrogen-bond acceptors (Lipinski definition) is 5. The number of hydrogen-bond donors (Lipinski definition) is 0. The Labute approximate surface area is 144 Å². The Hall–Kier alpha value is -3.46. The summed E-state index contributed by atoms with van der Waals surface area (Å²) in [7, 11) is 0. The van der Waals surface area contributed by atoms with Crippen LogP contribution in [-0.2, 0) is 4.74 Å². The fourth-order valence-electron chi connectivity index (χ4n) is 2.66. The van der Waals surface area contributed by atoms with Gasteiger partial charge < -0.3 is 4.74 Å². The summed E-state index contributed by atoms with van der Waals surface area (Å²) in [5.74, 6) is -1.64. The first kappa shape index (κ1) is 16.4. The predicted octanol–water partition coefficient (Wildman–Crippen LogP) is 2.86. The van der Waals surface area contributed by atoms with E-state index in [1.807, 2.05) is 19.1 Å². The van der Waals surface area contributed by atoms with Crippen molar-refractivity contribution in [3.05, 3.63) is 64.7 Å². The molecule has 1 aliphatic rings. The Kier molecular flexibility index (Phi) is 4.07. The molecule has 2 aromatic carbocycles. The summed E-state index contributed by atoms with van der Waals surface area (Å²) in [5.41, 5.74) is 1.80. The molecule has 1 aliphatic heterocycles. The number of rotatable bonds is 3. The lowest BCUT2D eigenvalue weighted by Crippen LogP contribution is -2.29. The van der Waals surface area contributed by atoms with Crippen LogP contribution in [0.3, 0.4) is 0 Å². The second-order valence-electron chi connectivity index (χ2n) is 5.67. The van der Waals surface area contributed by atoms with Crippen LogP contribution in [0.4, 0.5) is 5.69 Å². The second-order valence-corrected chi connectivity index (χ2v) is 5.67. The van der Waals surface area contributed by atoms with Gasteiger partial charge in [-0.25, -0.2) is 9.69 Å². The molecule has 6 nitrogen and oxygen atoms in total. The van der Waals surface area contributed by atoms with Crippen molar-refractivity contribution in [2.24, 2.45) is 0 Å². The van der Waals surface area contributed by atoms with Gasteiger partial charge in [0.05, 0.1) is 22.4 Å². The van der Waals surface area contributed by atoms with Crippen LogP contribution in [0, 0.1) is 18.3 Å². The summed E-state index contributed by atoms with van der Waals surface area (Å²) in [6, 6.07) is 13.1. The van der Waals surface area contributed by atoms with Gasteiger partial charge in [0.2, 0.25) is 0 Å². The van der Waals surface area contributed by atoms with E-state index in [-0.39, 0.29) is 16.7 Å². The lowest BCUT2D eigenvalue weighted by molar-refractivity contribution is 0.0435. The Balaban J connectivity index is 1.98. The minimum atomic E-state index is -0.901. The number of para-hydroxylation sites is 1. The molecule has 0 bridgehead atoms. The SMILES string of the molecule is Cc1ccccc1N1C(=O)c2ccc(C(=O)OC(C)C#N)cc2C1=O. The molecule has 6 heteroatoms.